The number of nitro groups is 1. The van der Waals surface area contributed by atoms with Crippen molar-refractivity contribution >= 4 is 5.69 Å². The van der Waals surface area contributed by atoms with Crippen molar-refractivity contribution in [2.24, 2.45) is 0 Å². The van der Waals surface area contributed by atoms with E-state index in [1.807, 2.05) is 13.8 Å². The van der Waals surface area contributed by atoms with Crippen LogP contribution in [0.25, 0.3) is 0 Å². The molecule has 0 amide bonds. The maximum atomic E-state index is 13.5. The van der Waals surface area contributed by atoms with Gasteiger partial charge in [-0.05, 0) is 25.5 Å². The Morgan fingerprint density at radius 2 is 2.05 bits per heavy atom. The Morgan fingerprint density at radius 3 is 2.55 bits per heavy atom. The Bertz CT molecular complexity index is 703. The number of nitrogens with zero attached hydrogens (tertiary/aromatic N) is 3. The zero-order valence-electron chi connectivity index (χ0n) is 11.1. The molecule has 0 saturated carbocycles. The molecule has 0 saturated heterocycles. The summed E-state index contributed by atoms with van der Waals surface area (Å²) in [7, 11) is 0. The average molecular weight is 279 g/mol. The maximum Gasteiger partial charge on any atom is 0.328 e. The van der Waals surface area contributed by atoms with Crippen LogP contribution in [0.4, 0.5) is 10.1 Å². The summed E-state index contributed by atoms with van der Waals surface area (Å²) in [6.45, 7) is 3.95. The van der Waals surface area contributed by atoms with Crippen LogP contribution < -0.4 is 5.69 Å². The number of imidazole rings is 1. The summed E-state index contributed by atoms with van der Waals surface area (Å²) < 4.78 is 16.5. The van der Waals surface area contributed by atoms with Crippen molar-refractivity contribution in [1.82, 2.24) is 9.13 Å². The number of hydrogen-bond acceptors (Lipinski definition) is 3. The van der Waals surface area contributed by atoms with Gasteiger partial charge < -0.3 is 0 Å². The standard InChI is InChI=1S/C13H14FN3O3/c1-9(2)16-6-5-15(13(16)18)8-10-3-4-12(17(19)20)11(14)7-10/h3-7,9H,8H2,1-2H3. The van der Waals surface area contributed by atoms with E-state index in [1.165, 1.54) is 10.6 Å². The number of nitro benzene ring substituents is 1. The molecule has 0 N–H and O–H groups in total. The molecule has 0 aliphatic rings. The second-order valence-electron chi connectivity index (χ2n) is 4.75. The first-order valence-corrected chi connectivity index (χ1v) is 6.10. The third kappa shape index (κ3) is 2.61. The normalized spacial score (nSPS) is 11.0. The van der Waals surface area contributed by atoms with Gasteiger partial charge in [-0.25, -0.2) is 4.79 Å². The smallest absolute Gasteiger partial charge is 0.297 e. The van der Waals surface area contributed by atoms with Crippen LogP contribution >= 0.6 is 0 Å². The molecular weight excluding hydrogens is 265 g/mol. The molecule has 20 heavy (non-hydrogen) atoms. The fourth-order valence-corrected chi connectivity index (χ4v) is 1.94. The quantitative estimate of drug-likeness (QED) is 0.637. The van der Waals surface area contributed by atoms with Crippen LogP contribution in [0, 0.1) is 15.9 Å². The van der Waals surface area contributed by atoms with Gasteiger partial charge in [0.25, 0.3) is 0 Å². The molecule has 2 rings (SSSR count). The first-order chi connectivity index (χ1) is 9.40. The van der Waals surface area contributed by atoms with Crippen molar-refractivity contribution in [2.75, 3.05) is 0 Å². The SMILES string of the molecule is CC(C)n1ccn(Cc2ccc([N+](=O)[O-])c(F)c2)c1=O. The summed E-state index contributed by atoms with van der Waals surface area (Å²) in [6.07, 6.45) is 3.27. The Kier molecular flexibility index (Phi) is 3.69. The fourth-order valence-electron chi connectivity index (χ4n) is 1.94. The van der Waals surface area contributed by atoms with E-state index < -0.39 is 16.4 Å². The molecule has 106 valence electrons. The lowest BCUT2D eigenvalue weighted by Crippen LogP contribution is -2.25. The van der Waals surface area contributed by atoms with Crippen LogP contribution in [-0.4, -0.2) is 14.1 Å². The summed E-state index contributed by atoms with van der Waals surface area (Å²) in [4.78, 5) is 21.8. The summed E-state index contributed by atoms with van der Waals surface area (Å²) in [5.74, 6) is -0.899. The van der Waals surface area contributed by atoms with Gasteiger partial charge >= 0.3 is 11.4 Å². The van der Waals surface area contributed by atoms with E-state index in [9.17, 15) is 19.3 Å². The zero-order chi connectivity index (χ0) is 14.9. The molecule has 0 atom stereocenters. The van der Waals surface area contributed by atoms with Crippen molar-refractivity contribution < 1.29 is 9.31 Å². The van der Waals surface area contributed by atoms with Crippen LogP contribution in [0.1, 0.15) is 25.5 Å². The molecule has 0 fully saturated rings. The van der Waals surface area contributed by atoms with Gasteiger partial charge in [0, 0.05) is 24.5 Å². The fraction of sp³-hybridized carbons (Fsp3) is 0.308. The van der Waals surface area contributed by atoms with Crippen molar-refractivity contribution in [2.45, 2.75) is 26.4 Å². The Balaban J connectivity index is 2.29. The highest BCUT2D eigenvalue weighted by Gasteiger charge is 2.14. The molecule has 0 unspecified atom stereocenters. The second-order valence-corrected chi connectivity index (χ2v) is 4.75. The molecule has 2 aromatic rings. The van der Waals surface area contributed by atoms with E-state index in [-0.39, 0.29) is 18.3 Å². The van der Waals surface area contributed by atoms with Gasteiger partial charge in [-0.15, -0.1) is 0 Å². The maximum absolute atomic E-state index is 13.5. The molecular formula is C13H14FN3O3. The lowest BCUT2D eigenvalue weighted by atomic mass is 10.2. The lowest BCUT2D eigenvalue weighted by molar-refractivity contribution is -0.387. The topological polar surface area (TPSA) is 70.1 Å². The zero-order valence-corrected chi connectivity index (χ0v) is 11.1. The molecule has 1 heterocycles. The Morgan fingerprint density at radius 1 is 1.35 bits per heavy atom. The van der Waals surface area contributed by atoms with E-state index in [0.29, 0.717) is 5.56 Å². The van der Waals surface area contributed by atoms with Crippen LogP contribution in [0.2, 0.25) is 0 Å². The predicted molar refractivity (Wildman–Crippen MR) is 71.2 cm³/mol. The Labute approximate surface area is 114 Å². The van der Waals surface area contributed by atoms with Crippen molar-refractivity contribution in [1.29, 1.82) is 0 Å². The van der Waals surface area contributed by atoms with E-state index in [0.717, 1.165) is 12.1 Å². The van der Waals surface area contributed by atoms with Gasteiger partial charge in [-0.2, -0.15) is 4.39 Å². The number of benzene rings is 1. The molecule has 0 aliphatic carbocycles. The van der Waals surface area contributed by atoms with Crippen LogP contribution in [0.5, 0.6) is 0 Å². The monoisotopic (exact) mass is 279 g/mol. The minimum atomic E-state index is -0.899. The van der Waals surface area contributed by atoms with Crippen LogP contribution in [0.3, 0.4) is 0 Å². The van der Waals surface area contributed by atoms with Crippen LogP contribution in [0.15, 0.2) is 35.4 Å². The molecule has 0 spiro atoms. The highest BCUT2D eigenvalue weighted by molar-refractivity contribution is 5.35. The number of aromatic nitrogens is 2. The number of hydrogen-bond donors (Lipinski definition) is 0. The molecule has 1 aromatic heterocycles. The van der Waals surface area contributed by atoms with Gasteiger partial charge in [0.15, 0.2) is 0 Å². The number of rotatable bonds is 4. The van der Waals surface area contributed by atoms with Crippen molar-refractivity contribution in [3.8, 4) is 0 Å². The molecule has 6 nitrogen and oxygen atoms in total. The summed E-state index contributed by atoms with van der Waals surface area (Å²) in [5, 5.41) is 10.5. The molecule has 7 heteroatoms. The third-order valence-corrected chi connectivity index (χ3v) is 2.99. The van der Waals surface area contributed by atoms with E-state index in [2.05, 4.69) is 0 Å². The second kappa shape index (κ2) is 5.28. The summed E-state index contributed by atoms with van der Waals surface area (Å²) >= 11 is 0. The van der Waals surface area contributed by atoms with Gasteiger partial charge in [-0.3, -0.25) is 19.2 Å². The van der Waals surface area contributed by atoms with E-state index in [4.69, 9.17) is 0 Å². The van der Waals surface area contributed by atoms with E-state index in [1.54, 1.807) is 17.0 Å². The Hall–Kier alpha value is -2.44. The van der Waals surface area contributed by atoms with Crippen LogP contribution in [-0.2, 0) is 6.54 Å². The summed E-state index contributed by atoms with van der Waals surface area (Å²) in [6, 6.07) is 3.67. The van der Waals surface area contributed by atoms with E-state index >= 15 is 0 Å². The number of halogens is 1. The van der Waals surface area contributed by atoms with Gasteiger partial charge in [-0.1, -0.05) is 6.07 Å². The largest absolute Gasteiger partial charge is 0.328 e. The molecule has 0 aliphatic heterocycles. The van der Waals surface area contributed by atoms with Gasteiger partial charge in [0.2, 0.25) is 5.82 Å². The lowest BCUT2D eigenvalue weighted by Gasteiger charge is -2.05. The molecule has 1 aromatic carbocycles. The third-order valence-electron chi connectivity index (χ3n) is 2.99. The highest BCUT2D eigenvalue weighted by atomic mass is 19.1. The van der Waals surface area contributed by atoms with Crippen molar-refractivity contribution in [3.05, 3.63) is 62.6 Å². The minimum absolute atomic E-state index is 0.0392. The average Bonchev–Trinajstić information content (AvgIpc) is 2.70. The minimum Gasteiger partial charge on any atom is -0.297 e. The van der Waals surface area contributed by atoms with Gasteiger partial charge in [0.1, 0.15) is 0 Å². The summed E-state index contributed by atoms with van der Waals surface area (Å²) in [5.41, 5.74) is -0.267. The first kappa shape index (κ1) is 14.0. The molecule has 0 bridgehead atoms. The van der Waals surface area contributed by atoms with Gasteiger partial charge in [0.05, 0.1) is 11.5 Å². The molecule has 0 radical (unpaired) electrons. The predicted octanol–water partition coefficient (Wildman–Crippen LogP) is 2.33. The highest BCUT2D eigenvalue weighted by Crippen LogP contribution is 2.18. The van der Waals surface area contributed by atoms with Crippen molar-refractivity contribution in [3.63, 3.8) is 0 Å². The first-order valence-electron chi connectivity index (χ1n) is 6.10.